The average molecular weight is 337 g/mol. The average Bonchev–Trinajstić information content (AvgIpc) is 2.44. The van der Waals surface area contributed by atoms with E-state index in [-0.39, 0.29) is 11.9 Å². The van der Waals surface area contributed by atoms with Gasteiger partial charge in [0.15, 0.2) is 0 Å². The van der Waals surface area contributed by atoms with Gasteiger partial charge in [-0.1, -0.05) is 19.1 Å². The molecule has 0 aliphatic heterocycles. The Labute approximate surface area is 127 Å². The van der Waals surface area contributed by atoms with Crippen LogP contribution in [0.4, 0.5) is 4.39 Å². The molecule has 4 heteroatoms. The van der Waals surface area contributed by atoms with Crippen molar-refractivity contribution in [3.05, 3.63) is 63.6 Å². The van der Waals surface area contributed by atoms with Crippen LogP contribution in [0, 0.1) is 12.7 Å². The Morgan fingerprint density at radius 3 is 2.70 bits per heavy atom. The van der Waals surface area contributed by atoms with Gasteiger partial charge in [-0.3, -0.25) is 4.98 Å². The molecule has 1 aromatic heterocycles. The van der Waals surface area contributed by atoms with Crippen molar-refractivity contribution in [2.45, 2.75) is 26.3 Å². The number of rotatable bonds is 5. The highest BCUT2D eigenvalue weighted by Gasteiger charge is 2.13. The molecule has 2 nitrogen and oxygen atoms in total. The van der Waals surface area contributed by atoms with E-state index in [1.807, 2.05) is 24.3 Å². The summed E-state index contributed by atoms with van der Waals surface area (Å²) in [5.74, 6) is -0.161. The molecule has 2 rings (SSSR count). The lowest BCUT2D eigenvalue weighted by atomic mass is 9.99. The van der Waals surface area contributed by atoms with Gasteiger partial charge in [-0.05, 0) is 58.7 Å². The van der Waals surface area contributed by atoms with Crippen molar-refractivity contribution < 1.29 is 4.39 Å². The summed E-state index contributed by atoms with van der Waals surface area (Å²) >= 11 is 3.39. The zero-order chi connectivity index (χ0) is 14.5. The number of halogens is 2. The van der Waals surface area contributed by atoms with Gasteiger partial charge in [-0.15, -0.1) is 0 Å². The molecule has 106 valence electrons. The normalized spacial score (nSPS) is 12.4. The number of aryl methyl sites for hydroxylation is 1. The largest absolute Gasteiger partial charge is 0.310 e. The first-order chi connectivity index (χ1) is 9.60. The van der Waals surface area contributed by atoms with Crippen LogP contribution in [0.3, 0.4) is 0 Å². The first kappa shape index (κ1) is 15.1. The number of nitrogens with one attached hydrogen (secondary N) is 1. The quantitative estimate of drug-likeness (QED) is 0.885. The minimum atomic E-state index is -0.161. The van der Waals surface area contributed by atoms with Crippen molar-refractivity contribution in [1.29, 1.82) is 0 Å². The lowest BCUT2D eigenvalue weighted by molar-refractivity contribution is 0.541. The van der Waals surface area contributed by atoms with E-state index in [4.69, 9.17) is 0 Å². The predicted octanol–water partition coefficient (Wildman–Crippen LogP) is 4.18. The zero-order valence-electron chi connectivity index (χ0n) is 11.7. The molecular formula is C16H18BrFN2. The molecular weight excluding hydrogens is 319 g/mol. The third-order valence-corrected chi connectivity index (χ3v) is 3.71. The molecule has 0 aliphatic rings. The molecule has 1 heterocycles. The summed E-state index contributed by atoms with van der Waals surface area (Å²) < 4.78 is 14.4. The van der Waals surface area contributed by atoms with Crippen LogP contribution < -0.4 is 5.32 Å². The Hall–Kier alpha value is -1.26. The molecule has 1 unspecified atom stereocenters. The lowest BCUT2D eigenvalue weighted by Crippen LogP contribution is -2.23. The van der Waals surface area contributed by atoms with Crippen molar-refractivity contribution in [3.8, 4) is 0 Å². The molecule has 0 spiro atoms. The van der Waals surface area contributed by atoms with E-state index in [0.29, 0.717) is 5.56 Å². The molecule has 0 saturated heterocycles. The first-order valence-corrected chi connectivity index (χ1v) is 7.49. The van der Waals surface area contributed by atoms with E-state index < -0.39 is 0 Å². The molecule has 0 saturated carbocycles. The number of hydrogen-bond donors (Lipinski definition) is 1. The molecule has 0 bridgehead atoms. The maximum absolute atomic E-state index is 13.4. The van der Waals surface area contributed by atoms with E-state index in [1.54, 1.807) is 13.1 Å². The van der Waals surface area contributed by atoms with Crippen molar-refractivity contribution in [2.24, 2.45) is 0 Å². The standard InChI is InChI=1S/C16H18BrFN2/c1-3-19-16(9-14-6-5-13(17)10-20-14)12-4-7-15(18)11(2)8-12/h4-8,10,16,19H,3,9H2,1-2H3. The van der Waals surface area contributed by atoms with Gasteiger partial charge in [0.05, 0.1) is 0 Å². The van der Waals surface area contributed by atoms with Crippen molar-refractivity contribution >= 4 is 15.9 Å². The smallest absolute Gasteiger partial charge is 0.126 e. The molecule has 0 aliphatic carbocycles. The molecule has 0 amide bonds. The zero-order valence-corrected chi connectivity index (χ0v) is 13.2. The number of likely N-dealkylation sites (N-methyl/N-ethyl adjacent to an activating group) is 1. The van der Waals surface area contributed by atoms with E-state index in [0.717, 1.165) is 28.7 Å². The van der Waals surface area contributed by atoms with E-state index >= 15 is 0 Å². The SMILES string of the molecule is CCNC(Cc1ccc(Br)cn1)c1ccc(F)c(C)c1. The van der Waals surface area contributed by atoms with Crippen LogP contribution in [0.2, 0.25) is 0 Å². The highest BCUT2D eigenvalue weighted by atomic mass is 79.9. The molecule has 1 atom stereocenters. The van der Waals surface area contributed by atoms with Gasteiger partial charge in [0.25, 0.3) is 0 Å². The Morgan fingerprint density at radius 1 is 1.30 bits per heavy atom. The fraction of sp³-hybridized carbons (Fsp3) is 0.312. The van der Waals surface area contributed by atoms with Crippen molar-refractivity contribution in [2.75, 3.05) is 6.54 Å². The molecule has 0 fully saturated rings. The van der Waals surface area contributed by atoms with Crippen LogP contribution in [-0.2, 0) is 6.42 Å². The third kappa shape index (κ3) is 3.87. The van der Waals surface area contributed by atoms with E-state index in [1.165, 1.54) is 6.07 Å². The summed E-state index contributed by atoms with van der Waals surface area (Å²) in [4.78, 5) is 4.40. The number of nitrogens with zero attached hydrogens (tertiary/aromatic N) is 1. The van der Waals surface area contributed by atoms with E-state index in [2.05, 4.69) is 33.2 Å². The maximum atomic E-state index is 13.4. The van der Waals surface area contributed by atoms with Gasteiger partial charge in [-0.25, -0.2) is 4.39 Å². The number of aromatic nitrogens is 1. The van der Waals surface area contributed by atoms with Gasteiger partial charge >= 0.3 is 0 Å². The molecule has 2 aromatic rings. The van der Waals surface area contributed by atoms with Gasteiger partial charge < -0.3 is 5.32 Å². The summed E-state index contributed by atoms with van der Waals surface area (Å²) in [5.41, 5.74) is 2.78. The number of pyridine rings is 1. The van der Waals surface area contributed by atoms with Crippen molar-refractivity contribution in [3.63, 3.8) is 0 Å². The summed E-state index contributed by atoms with van der Waals surface area (Å²) in [6, 6.07) is 9.42. The maximum Gasteiger partial charge on any atom is 0.126 e. The predicted molar refractivity (Wildman–Crippen MR) is 83.2 cm³/mol. The Bertz CT molecular complexity index is 569. The number of benzene rings is 1. The summed E-state index contributed by atoms with van der Waals surface area (Å²) in [5, 5.41) is 3.43. The van der Waals surface area contributed by atoms with Crippen LogP contribution >= 0.6 is 15.9 Å². The Morgan fingerprint density at radius 2 is 2.10 bits per heavy atom. The fourth-order valence-electron chi connectivity index (χ4n) is 2.18. The Kier molecular flexibility index (Phi) is 5.26. The highest BCUT2D eigenvalue weighted by Crippen LogP contribution is 2.21. The van der Waals surface area contributed by atoms with Gasteiger partial charge in [0.2, 0.25) is 0 Å². The number of hydrogen-bond acceptors (Lipinski definition) is 2. The highest BCUT2D eigenvalue weighted by molar-refractivity contribution is 9.10. The van der Waals surface area contributed by atoms with Crippen LogP contribution in [-0.4, -0.2) is 11.5 Å². The van der Waals surface area contributed by atoms with Gasteiger partial charge in [-0.2, -0.15) is 0 Å². The second-order valence-corrected chi connectivity index (χ2v) is 5.71. The third-order valence-electron chi connectivity index (χ3n) is 3.24. The minimum absolute atomic E-state index is 0.146. The molecule has 20 heavy (non-hydrogen) atoms. The van der Waals surface area contributed by atoms with E-state index in [9.17, 15) is 4.39 Å². The summed E-state index contributed by atoms with van der Waals surface area (Å²) in [6.45, 7) is 4.72. The molecule has 1 aromatic carbocycles. The first-order valence-electron chi connectivity index (χ1n) is 6.70. The second kappa shape index (κ2) is 6.95. The van der Waals surface area contributed by atoms with Crippen molar-refractivity contribution in [1.82, 2.24) is 10.3 Å². The minimum Gasteiger partial charge on any atom is -0.310 e. The lowest BCUT2D eigenvalue weighted by Gasteiger charge is -2.18. The van der Waals surface area contributed by atoms with Crippen LogP contribution in [0.15, 0.2) is 41.0 Å². The monoisotopic (exact) mass is 336 g/mol. The topological polar surface area (TPSA) is 24.9 Å². The van der Waals surface area contributed by atoms with Crippen LogP contribution in [0.25, 0.3) is 0 Å². The molecule has 0 radical (unpaired) electrons. The van der Waals surface area contributed by atoms with Gasteiger partial charge in [0, 0.05) is 28.8 Å². The molecule has 1 N–H and O–H groups in total. The summed E-state index contributed by atoms with van der Waals surface area (Å²) in [7, 11) is 0. The van der Waals surface area contributed by atoms with Gasteiger partial charge in [0.1, 0.15) is 5.82 Å². The van der Waals surface area contributed by atoms with Crippen LogP contribution in [0.5, 0.6) is 0 Å². The fourth-order valence-corrected chi connectivity index (χ4v) is 2.41. The second-order valence-electron chi connectivity index (χ2n) is 4.79. The summed E-state index contributed by atoms with van der Waals surface area (Å²) in [6.07, 6.45) is 2.58. The van der Waals surface area contributed by atoms with Crippen LogP contribution in [0.1, 0.15) is 29.8 Å². The Balaban J connectivity index is 2.21.